The molecule has 0 spiro atoms. The van der Waals surface area contributed by atoms with Gasteiger partial charge in [0.25, 0.3) is 0 Å². The van der Waals surface area contributed by atoms with Gasteiger partial charge in [-0.25, -0.2) is 0 Å². The quantitative estimate of drug-likeness (QED) is 0.559. The summed E-state index contributed by atoms with van der Waals surface area (Å²) in [6.07, 6.45) is 1.23. The van der Waals surface area contributed by atoms with Crippen LogP contribution in [0, 0.1) is 0 Å². The molecule has 170 valence electrons. The molecule has 0 bridgehead atoms. The minimum atomic E-state index is -0.309. The lowest BCUT2D eigenvalue weighted by molar-refractivity contribution is -0.137. The van der Waals surface area contributed by atoms with Gasteiger partial charge in [0.2, 0.25) is 11.8 Å². The van der Waals surface area contributed by atoms with Crippen LogP contribution in [0.1, 0.15) is 24.5 Å². The summed E-state index contributed by atoms with van der Waals surface area (Å²) in [5.41, 5.74) is 4.58. The van der Waals surface area contributed by atoms with Gasteiger partial charge in [-0.15, -0.1) is 0 Å². The molecule has 5 nitrogen and oxygen atoms in total. The molecule has 0 saturated carbocycles. The van der Waals surface area contributed by atoms with Gasteiger partial charge in [-0.3, -0.25) is 9.59 Å². The van der Waals surface area contributed by atoms with E-state index in [0.717, 1.165) is 28.8 Å². The largest absolute Gasteiger partial charge is 0.353 e. The molecule has 0 aromatic heterocycles. The molecule has 2 N–H and O–H groups in total. The van der Waals surface area contributed by atoms with E-state index in [1.807, 2.05) is 59.5 Å². The molecule has 0 unspecified atom stereocenters. The smallest absolute Gasteiger partial charge is 0.240 e. The van der Waals surface area contributed by atoms with E-state index in [9.17, 15) is 9.59 Å². The summed E-state index contributed by atoms with van der Waals surface area (Å²) in [6, 6.07) is 28.3. The van der Waals surface area contributed by atoms with Crippen LogP contribution in [0.2, 0.25) is 0 Å². The Kier molecular flexibility index (Phi) is 7.53. The van der Waals surface area contributed by atoms with Gasteiger partial charge in [0.1, 0.15) is 0 Å². The first-order valence-corrected chi connectivity index (χ1v) is 11.6. The summed E-state index contributed by atoms with van der Waals surface area (Å²) in [7, 11) is 0. The fourth-order valence-corrected chi connectivity index (χ4v) is 4.49. The number of nitrogens with zero attached hydrogens (tertiary/aromatic N) is 1. The van der Waals surface area contributed by atoms with Crippen LogP contribution in [-0.2, 0) is 22.6 Å². The standard InChI is InChI=1S/C28H31N3O2/c1-21(32)30-26(18-23-11-8-14-25(17-23)24-12-6-3-7-13-24)19-27-28(33)31(16-15-29-27)20-22-9-4-2-5-10-22/h2-14,17,26-27,29H,15-16,18-20H2,1H3,(H,30,32)/t26-,27-/m0/s1. The average molecular weight is 442 g/mol. The number of carbonyl (C=O) groups excluding carboxylic acids is 2. The SMILES string of the molecule is CC(=O)N[C@@H](Cc1cccc(-c2ccccc2)c1)C[C@@H]1NCCN(Cc2ccccc2)C1=O. The highest BCUT2D eigenvalue weighted by Crippen LogP contribution is 2.22. The van der Waals surface area contributed by atoms with E-state index >= 15 is 0 Å². The Balaban J connectivity index is 1.45. The molecule has 1 aliphatic heterocycles. The van der Waals surface area contributed by atoms with Crippen LogP contribution in [0.25, 0.3) is 11.1 Å². The van der Waals surface area contributed by atoms with Crippen molar-refractivity contribution in [2.75, 3.05) is 13.1 Å². The zero-order valence-electron chi connectivity index (χ0n) is 19.0. The van der Waals surface area contributed by atoms with E-state index in [2.05, 4.69) is 41.0 Å². The number of amides is 2. The van der Waals surface area contributed by atoms with Gasteiger partial charge in [0.05, 0.1) is 6.04 Å². The van der Waals surface area contributed by atoms with Crippen LogP contribution in [-0.4, -0.2) is 41.9 Å². The predicted octanol–water partition coefficient (Wildman–Crippen LogP) is 3.79. The van der Waals surface area contributed by atoms with E-state index < -0.39 is 0 Å². The molecule has 1 fully saturated rings. The molecule has 3 aromatic rings. The van der Waals surface area contributed by atoms with Crippen molar-refractivity contribution in [2.24, 2.45) is 0 Å². The average Bonchev–Trinajstić information content (AvgIpc) is 2.83. The van der Waals surface area contributed by atoms with Crippen LogP contribution in [0.4, 0.5) is 0 Å². The number of benzene rings is 3. The number of carbonyl (C=O) groups is 2. The lowest BCUT2D eigenvalue weighted by Crippen LogP contribution is -2.56. The summed E-state index contributed by atoms with van der Waals surface area (Å²) >= 11 is 0. The number of rotatable bonds is 8. The van der Waals surface area contributed by atoms with Crippen molar-refractivity contribution in [2.45, 2.75) is 38.4 Å². The van der Waals surface area contributed by atoms with E-state index in [0.29, 0.717) is 25.9 Å². The highest BCUT2D eigenvalue weighted by atomic mass is 16.2. The van der Waals surface area contributed by atoms with Gasteiger partial charge in [-0.05, 0) is 35.1 Å². The third-order valence-corrected chi connectivity index (χ3v) is 6.04. The lowest BCUT2D eigenvalue weighted by atomic mass is 9.95. The lowest BCUT2D eigenvalue weighted by Gasteiger charge is -2.35. The van der Waals surface area contributed by atoms with Crippen molar-refractivity contribution in [1.82, 2.24) is 15.5 Å². The second-order valence-corrected chi connectivity index (χ2v) is 8.66. The number of piperazine rings is 1. The second-order valence-electron chi connectivity index (χ2n) is 8.66. The van der Waals surface area contributed by atoms with Crippen molar-refractivity contribution in [3.8, 4) is 11.1 Å². The van der Waals surface area contributed by atoms with E-state index in [4.69, 9.17) is 0 Å². The molecule has 4 rings (SSSR count). The maximum absolute atomic E-state index is 13.2. The summed E-state index contributed by atoms with van der Waals surface area (Å²) in [5.74, 6) is 0.0158. The third-order valence-electron chi connectivity index (χ3n) is 6.04. The Labute approximate surface area is 195 Å². The first-order valence-electron chi connectivity index (χ1n) is 11.6. The summed E-state index contributed by atoms with van der Waals surface area (Å²) in [4.78, 5) is 27.0. The van der Waals surface area contributed by atoms with Gasteiger partial charge in [0, 0.05) is 32.6 Å². The summed E-state index contributed by atoms with van der Waals surface area (Å²) < 4.78 is 0. The Bertz CT molecular complexity index is 1070. The fourth-order valence-electron chi connectivity index (χ4n) is 4.49. The summed E-state index contributed by atoms with van der Waals surface area (Å²) in [5, 5.41) is 6.44. The molecule has 33 heavy (non-hydrogen) atoms. The van der Waals surface area contributed by atoms with Gasteiger partial charge >= 0.3 is 0 Å². The van der Waals surface area contributed by atoms with Gasteiger partial charge in [-0.2, -0.15) is 0 Å². The Hall–Kier alpha value is -3.44. The molecule has 2 amide bonds. The molecule has 0 radical (unpaired) electrons. The molecule has 5 heteroatoms. The number of nitrogens with one attached hydrogen (secondary N) is 2. The molecule has 1 aliphatic rings. The first-order chi connectivity index (χ1) is 16.1. The summed E-state index contributed by atoms with van der Waals surface area (Å²) in [6.45, 7) is 3.58. The first kappa shape index (κ1) is 22.7. The topological polar surface area (TPSA) is 61.4 Å². The van der Waals surface area contributed by atoms with Crippen LogP contribution in [0.3, 0.4) is 0 Å². The van der Waals surface area contributed by atoms with Gasteiger partial charge in [-0.1, -0.05) is 84.9 Å². The van der Waals surface area contributed by atoms with Gasteiger partial charge in [0.15, 0.2) is 0 Å². The fraction of sp³-hybridized carbons (Fsp3) is 0.286. The van der Waals surface area contributed by atoms with E-state index in [1.165, 1.54) is 6.92 Å². The zero-order chi connectivity index (χ0) is 23.0. The van der Waals surface area contributed by atoms with Crippen molar-refractivity contribution >= 4 is 11.8 Å². The zero-order valence-corrected chi connectivity index (χ0v) is 19.0. The third kappa shape index (κ3) is 6.30. The predicted molar refractivity (Wildman–Crippen MR) is 131 cm³/mol. The van der Waals surface area contributed by atoms with Crippen molar-refractivity contribution in [3.05, 3.63) is 96.1 Å². The molecule has 1 saturated heterocycles. The van der Waals surface area contributed by atoms with Crippen LogP contribution in [0.15, 0.2) is 84.9 Å². The molecular formula is C28H31N3O2. The monoisotopic (exact) mass is 441 g/mol. The maximum Gasteiger partial charge on any atom is 0.240 e. The number of hydrogen-bond donors (Lipinski definition) is 2. The molecule has 3 aromatic carbocycles. The van der Waals surface area contributed by atoms with E-state index in [1.54, 1.807) is 0 Å². The minimum Gasteiger partial charge on any atom is -0.353 e. The van der Waals surface area contributed by atoms with Crippen molar-refractivity contribution < 1.29 is 9.59 Å². The Morgan fingerprint density at radius 2 is 1.64 bits per heavy atom. The van der Waals surface area contributed by atoms with Crippen molar-refractivity contribution in [1.29, 1.82) is 0 Å². The Morgan fingerprint density at radius 3 is 2.36 bits per heavy atom. The van der Waals surface area contributed by atoms with Crippen molar-refractivity contribution in [3.63, 3.8) is 0 Å². The Morgan fingerprint density at radius 1 is 0.970 bits per heavy atom. The minimum absolute atomic E-state index is 0.0800. The number of hydrogen-bond acceptors (Lipinski definition) is 3. The van der Waals surface area contributed by atoms with Crippen LogP contribution in [0.5, 0.6) is 0 Å². The molecular weight excluding hydrogens is 410 g/mol. The highest BCUT2D eigenvalue weighted by molar-refractivity contribution is 5.83. The molecule has 2 atom stereocenters. The maximum atomic E-state index is 13.2. The second kappa shape index (κ2) is 10.9. The van der Waals surface area contributed by atoms with E-state index in [-0.39, 0.29) is 23.9 Å². The van der Waals surface area contributed by atoms with Gasteiger partial charge < -0.3 is 15.5 Å². The highest BCUT2D eigenvalue weighted by Gasteiger charge is 2.30. The molecule has 0 aliphatic carbocycles. The van der Waals surface area contributed by atoms with Crippen LogP contribution < -0.4 is 10.6 Å². The molecule has 1 heterocycles. The van der Waals surface area contributed by atoms with Crippen LogP contribution >= 0.6 is 0 Å². The normalized spacial score (nSPS) is 16.9.